The molecule has 3 atom stereocenters. The third-order valence-electron chi connectivity index (χ3n) is 5.02. The van der Waals surface area contributed by atoms with Gasteiger partial charge in [-0.05, 0) is 67.3 Å². The van der Waals surface area contributed by atoms with Gasteiger partial charge in [-0.1, -0.05) is 33.8 Å². The highest BCUT2D eigenvalue weighted by Crippen LogP contribution is 2.41. The van der Waals surface area contributed by atoms with E-state index in [0.717, 1.165) is 24.4 Å². The third-order valence-corrected chi connectivity index (χ3v) is 5.95. The first-order valence-electron chi connectivity index (χ1n) is 8.26. The van der Waals surface area contributed by atoms with Crippen molar-refractivity contribution in [1.82, 2.24) is 5.32 Å². The molecular weight excluding hydrogens is 262 g/mol. The normalized spacial score (nSPS) is 27.7. The quantitative estimate of drug-likeness (QED) is 0.794. The van der Waals surface area contributed by atoms with Gasteiger partial charge >= 0.3 is 0 Å². The summed E-state index contributed by atoms with van der Waals surface area (Å²) in [6, 6.07) is 5.22. The molecular formula is C18H31NS. The second-order valence-electron chi connectivity index (χ2n) is 7.42. The molecule has 1 aromatic rings. The summed E-state index contributed by atoms with van der Waals surface area (Å²) < 4.78 is 0. The first kappa shape index (κ1) is 16.0. The van der Waals surface area contributed by atoms with E-state index in [0.29, 0.717) is 5.41 Å². The van der Waals surface area contributed by atoms with Crippen molar-refractivity contribution in [2.24, 2.45) is 17.3 Å². The molecule has 0 amide bonds. The van der Waals surface area contributed by atoms with Crippen molar-refractivity contribution in [2.45, 2.75) is 65.8 Å². The second-order valence-corrected chi connectivity index (χ2v) is 8.45. The predicted octanol–water partition coefficient (Wildman–Crippen LogP) is 5.12. The average Bonchev–Trinajstić information content (AvgIpc) is 2.89. The molecule has 0 radical (unpaired) electrons. The lowest BCUT2D eigenvalue weighted by atomic mass is 9.66. The molecule has 0 aromatic carbocycles. The number of nitrogens with one attached hydrogen (secondary N) is 1. The Labute approximate surface area is 129 Å². The molecule has 1 heterocycles. The van der Waals surface area contributed by atoms with Crippen LogP contribution in [0.2, 0.25) is 0 Å². The summed E-state index contributed by atoms with van der Waals surface area (Å²) in [7, 11) is 0. The van der Waals surface area contributed by atoms with Gasteiger partial charge in [-0.3, -0.25) is 0 Å². The highest BCUT2D eigenvalue weighted by Gasteiger charge is 2.35. The first-order chi connectivity index (χ1) is 9.50. The Morgan fingerprint density at radius 1 is 1.30 bits per heavy atom. The zero-order valence-corrected chi connectivity index (χ0v) is 14.4. The van der Waals surface area contributed by atoms with Crippen LogP contribution in [0, 0.1) is 17.3 Å². The fourth-order valence-corrected chi connectivity index (χ4v) is 4.41. The Hall–Kier alpha value is -0.340. The standard InChI is InChI=1S/C18H31NS/c1-5-19-17-11-9-15(18(2,3)4)13-14(17)8-10-16-7-6-12-20-16/h6-7,12,14-15,17,19H,5,8-11,13H2,1-4H3. The Kier molecular flexibility index (Phi) is 5.68. The van der Waals surface area contributed by atoms with Crippen LogP contribution in [0.15, 0.2) is 17.5 Å². The van der Waals surface area contributed by atoms with Gasteiger partial charge < -0.3 is 5.32 Å². The lowest BCUT2D eigenvalue weighted by Gasteiger charge is -2.42. The molecule has 2 rings (SSSR count). The molecule has 1 N–H and O–H groups in total. The summed E-state index contributed by atoms with van der Waals surface area (Å²) in [5, 5.41) is 5.94. The molecule has 2 heteroatoms. The van der Waals surface area contributed by atoms with Gasteiger partial charge in [0.2, 0.25) is 0 Å². The molecule has 1 aliphatic carbocycles. The number of hydrogen-bond acceptors (Lipinski definition) is 2. The minimum absolute atomic E-state index is 0.471. The molecule has 0 spiro atoms. The molecule has 3 unspecified atom stereocenters. The zero-order chi connectivity index (χ0) is 14.6. The molecule has 0 aliphatic heterocycles. The molecule has 1 nitrogen and oxygen atoms in total. The van der Waals surface area contributed by atoms with E-state index in [1.807, 2.05) is 11.3 Å². The van der Waals surface area contributed by atoms with Gasteiger partial charge in [-0.25, -0.2) is 0 Å². The average molecular weight is 294 g/mol. The van der Waals surface area contributed by atoms with Gasteiger partial charge in [0.1, 0.15) is 0 Å². The van der Waals surface area contributed by atoms with Crippen molar-refractivity contribution < 1.29 is 0 Å². The first-order valence-corrected chi connectivity index (χ1v) is 9.14. The molecule has 114 valence electrons. The van der Waals surface area contributed by atoms with Crippen molar-refractivity contribution in [2.75, 3.05) is 6.54 Å². The Balaban J connectivity index is 1.95. The number of hydrogen-bond donors (Lipinski definition) is 1. The Morgan fingerprint density at radius 2 is 2.10 bits per heavy atom. The predicted molar refractivity (Wildman–Crippen MR) is 90.4 cm³/mol. The van der Waals surface area contributed by atoms with Gasteiger partial charge in [0, 0.05) is 10.9 Å². The SMILES string of the molecule is CCNC1CCC(C(C)(C)C)CC1CCc1cccs1. The van der Waals surface area contributed by atoms with Crippen LogP contribution in [0.25, 0.3) is 0 Å². The Bertz CT molecular complexity index is 377. The topological polar surface area (TPSA) is 12.0 Å². The summed E-state index contributed by atoms with van der Waals surface area (Å²) in [6.45, 7) is 10.6. The van der Waals surface area contributed by atoms with Crippen LogP contribution < -0.4 is 5.32 Å². The van der Waals surface area contributed by atoms with E-state index in [9.17, 15) is 0 Å². The van der Waals surface area contributed by atoms with Gasteiger partial charge in [-0.15, -0.1) is 11.3 Å². The third kappa shape index (κ3) is 4.33. The number of aryl methyl sites for hydroxylation is 1. The maximum Gasteiger partial charge on any atom is 0.00955 e. The largest absolute Gasteiger partial charge is 0.314 e. The Morgan fingerprint density at radius 3 is 2.70 bits per heavy atom. The summed E-state index contributed by atoms with van der Waals surface area (Å²) in [4.78, 5) is 1.55. The van der Waals surface area contributed by atoms with Crippen LogP contribution in [0.5, 0.6) is 0 Å². The fourth-order valence-electron chi connectivity index (χ4n) is 3.68. The molecule has 0 saturated heterocycles. The summed E-state index contributed by atoms with van der Waals surface area (Å²) in [6.07, 6.45) is 6.79. The van der Waals surface area contributed by atoms with Crippen LogP contribution in [0.1, 0.15) is 58.3 Å². The lowest BCUT2D eigenvalue weighted by molar-refractivity contribution is 0.110. The van der Waals surface area contributed by atoms with Crippen molar-refractivity contribution >= 4 is 11.3 Å². The summed E-state index contributed by atoms with van der Waals surface area (Å²) >= 11 is 1.91. The van der Waals surface area contributed by atoms with E-state index >= 15 is 0 Å². The zero-order valence-electron chi connectivity index (χ0n) is 13.6. The molecule has 1 aromatic heterocycles. The van der Waals surface area contributed by atoms with Crippen LogP contribution in [-0.2, 0) is 6.42 Å². The van der Waals surface area contributed by atoms with Gasteiger partial charge in [-0.2, -0.15) is 0 Å². The number of rotatable bonds is 5. The summed E-state index contributed by atoms with van der Waals surface area (Å²) in [5.74, 6) is 1.75. The molecule has 1 fully saturated rings. The monoisotopic (exact) mass is 293 g/mol. The maximum atomic E-state index is 3.74. The molecule has 1 aliphatic rings. The van der Waals surface area contributed by atoms with Gasteiger partial charge in [0.15, 0.2) is 0 Å². The van der Waals surface area contributed by atoms with Gasteiger partial charge in [0.25, 0.3) is 0 Å². The fraction of sp³-hybridized carbons (Fsp3) is 0.778. The summed E-state index contributed by atoms with van der Waals surface area (Å²) in [5.41, 5.74) is 0.471. The lowest BCUT2D eigenvalue weighted by Crippen LogP contribution is -2.43. The van der Waals surface area contributed by atoms with E-state index in [4.69, 9.17) is 0 Å². The van der Waals surface area contributed by atoms with E-state index in [2.05, 4.69) is 50.5 Å². The van der Waals surface area contributed by atoms with Crippen molar-refractivity contribution in [3.8, 4) is 0 Å². The van der Waals surface area contributed by atoms with Crippen LogP contribution in [0.4, 0.5) is 0 Å². The van der Waals surface area contributed by atoms with Crippen LogP contribution in [-0.4, -0.2) is 12.6 Å². The molecule has 1 saturated carbocycles. The molecule has 0 bridgehead atoms. The second kappa shape index (κ2) is 7.09. The minimum atomic E-state index is 0.471. The molecule has 20 heavy (non-hydrogen) atoms. The van der Waals surface area contributed by atoms with Crippen LogP contribution in [0.3, 0.4) is 0 Å². The van der Waals surface area contributed by atoms with E-state index < -0.39 is 0 Å². The van der Waals surface area contributed by atoms with Crippen molar-refractivity contribution in [3.05, 3.63) is 22.4 Å². The van der Waals surface area contributed by atoms with E-state index in [1.165, 1.54) is 32.1 Å². The van der Waals surface area contributed by atoms with Crippen molar-refractivity contribution in [1.29, 1.82) is 0 Å². The van der Waals surface area contributed by atoms with E-state index in [1.54, 1.807) is 4.88 Å². The van der Waals surface area contributed by atoms with Crippen LogP contribution >= 0.6 is 11.3 Å². The number of thiophene rings is 1. The highest BCUT2D eigenvalue weighted by molar-refractivity contribution is 7.09. The minimum Gasteiger partial charge on any atom is -0.314 e. The van der Waals surface area contributed by atoms with Crippen molar-refractivity contribution in [3.63, 3.8) is 0 Å². The maximum absolute atomic E-state index is 3.74. The van der Waals surface area contributed by atoms with E-state index in [-0.39, 0.29) is 0 Å². The van der Waals surface area contributed by atoms with Gasteiger partial charge in [0.05, 0.1) is 0 Å². The smallest absolute Gasteiger partial charge is 0.00955 e. The highest BCUT2D eigenvalue weighted by atomic mass is 32.1.